The fraction of sp³-hybridized carbons (Fsp3) is 0.889. The third-order valence-electron chi connectivity index (χ3n) is 1.72. The number of esters is 1. The Labute approximate surface area is 79.2 Å². The Morgan fingerprint density at radius 1 is 1.15 bits per heavy atom. The molecule has 0 aliphatic carbocycles. The summed E-state index contributed by atoms with van der Waals surface area (Å²) in [5, 5.41) is 0. The molecule has 0 fully saturated rings. The fourth-order valence-electron chi connectivity index (χ4n) is 1.13. The van der Waals surface area contributed by atoms with Crippen molar-refractivity contribution in [2.75, 3.05) is 20.3 Å². The van der Waals surface area contributed by atoms with Crippen molar-refractivity contribution in [3.8, 4) is 0 Å². The largest absolute Gasteiger partial charge is 0.465 e. The molecule has 0 aromatic carbocycles. The van der Waals surface area contributed by atoms with Crippen LogP contribution in [0.2, 0.25) is 0 Å². The third-order valence-corrected chi connectivity index (χ3v) is 1.72. The molecule has 0 amide bonds. The second kappa shape index (κ2) is 5.94. The topological polar surface area (TPSA) is 44.8 Å². The first-order chi connectivity index (χ1) is 6.16. The van der Waals surface area contributed by atoms with Gasteiger partial charge in [-0.15, -0.1) is 0 Å². The summed E-state index contributed by atoms with van der Waals surface area (Å²) in [4.78, 5) is 11.4. The summed E-state index contributed by atoms with van der Waals surface area (Å²) in [6.07, 6.45) is 0.446. The number of ether oxygens (including phenoxy) is 3. The van der Waals surface area contributed by atoms with E-state index in [-0.39, 0.29) is 0 Å². The first kappa shape index (κ1) is 12.4. The summed E-state index contributed by atoms with van der Waals surface area (Å²) in [5.74, 6) is -1.68. The van der Waals surface area contributed by atoms with E-state index in [1.54, 1.807) is 0 Å². The lowest BCUT2D eigenvalue weighted by molar-refractivity contribution is -0.244. The second-order valence-electron chi connectivity index (χ2n) is 2.46. The Morgan fingerprint density at radius 2 is 1.62 bits per heavy atom. The highest BCUT2D eigenvalue weighted by atomic mass is 16.7. The van der Waals surface area contributed by atoms with Gasteiger partial charge in [-0.1, -0.05) is 6.92 Å². The van der Waals surface area contributed by atoms with Crippen molar-refractivity contribution in [1.29, 1.82) is 0 Å². The molecule has 0 aliphatic rings. The summed E-state index contributed by atoms with van der Waals surface area (Å²) in [5.41, 5.74) is 0. The molecule has 0 bridgehead atoms. The number of hydrogen-bond donors (Lipinski definition) is 0. The lowest BCUT2D eigenvalue weighted by atomic mass is 10.2. The van der Waals surface area contributed by atoms with E-state index in [1.165, 1.54) is 7.11 Å². The van der Waals surface area contributed by atoms with Crippen LogP contribution in [0.4, 0.5) is 0 Å². The molecule has 0 radical (unpaired) electrons. The maximum atomic E-state index is 11.4. The van der Waals surface area contributed by atoms with Crippen molar-refractivity contribution < 1.29 is 19.0 Å². The van der Waals surface area contributed by atoms with Gasteiger partial charge < -0.3 is 14.2 Å². The summed E-state index contributed by atoms with van der Waals surface area (Å²) < 4.78 is 15.2. The van der Waals surface area contributed by atoms with Gasteiger partial charge >= 0.3 is 5.97 Å². The summed E-state index contributed by atoms with van der Waals surface area (Å²) in [6.45, 7) is 6.28. The molecule has 4 nitrogen and oxygen atoms in total. The van der Waals surface area contributed by atoms with Crippen LogP contribution in [0.25, 0.3) is 0 Å². The van der Waals surface area contributed by atoms with Crippen LogP contribution in [0.1, 0.15) is 27.2 Å². The molecule has 0 aliphatic heterocycles. The highest BCUT2D eigenvalue weighted by molar-refractivity contribution is 5.77. The van der Waals surface area contributed by atoms with E-state index >= 15 is 0 Å². The highest BCUT2D eigenvalue weighted by Gasteiger charge is 2.39. The van der Waals surface area contributed by atoms with Gasteiger partial charge in [-0.3, -0.25) is 0 Å². The van der Waals surface area contributed by atoms with Crippen LogP contribution in [0.15, 0.2) is 0 Å². The van der Waals surface area contributed by atoms with E-state index < -0.39 is 11.8 Å². The van der Waals surface area contributed by atoms with Crippen LogP contribution < -0.4 is 0 Å². The SMILES string of the molecule is CCOC(CC)(OCC)C(=O)OC. The molecule has 4 heteroatoms. The molecule has 0 N–H and O–H groups in total. The van der Waals surface area contributed by atoms with Crippen molar-refractivity contribution in [2.45, 2.75) is 33.0 Å². The molecule has 0 unspecified atom stereocenters. The van der Waals surface area contributed by atoms with Crippen LogP contribution in [-0.2, 0) is 19.0 Å². The minimum absolute atomic E-state index is 0.420. The van der Waals surface area contributed by atoms with Gasteiger partial charge in [-0.05, 0) is 13.8 Å². The molecule has 0 aromatic heterocycles. The maximum absolute atomic E-state index is 11.4. The lowest BCUT2D eigenvalue weighted by Crippen LogP contribution is -2.44. The Balaban J connectivity index is 4.52. The molecule has 0 aromatic rings. The summed E-state index contributed by atoms with van der Waals surface area (Å²) in [6, 6.07) is 0. The van der Waals surface area contributed by atoms with Crippen LogP contribution >= 0.6 is 0 Å². The van der Waals surface area contributed by atoms with Gasteiger partial charge in [0.1, 0.15) is 0 Å². The fourth-order valence-corrected chi connectivity index (χ4v) is 1.13. The zero-order chi connectivity index (χ0) is 10.3. The molecule has 0 heterocycles. The van der Waals surface area contributed by atoms with E-state index in [9.17, 15) is 4.79 Å². The summed E-state index contributed by atoms with van der Waals surface area (Å²) >= 11 is 0. The van der Waals surface area contributed by atoms with E-state index in [2.05, 4.69) is 4.74 Å². The van der Waals surface area contributed by atoms with Crippen LogP contribution in [0.5, 0.6) is 0 Å². The van der Waals surface area contributed by atoms with Gasteiger partial charge in [0, 0.05) is 19.6 Å². The molecule has 13 heavy (non-hydrogen) atoms. The van der Waals surface area contributed by atoms with Crippen molar-refractivity contribution in [3.05, 3.63) is 0 Å². The van der Waals surface area contributed by atoms with Crippen LogP contribution in [-0.4, -0.2) is 32.1 Å². The normalized spacial score (nSPS) is 11.4. The van der Waals surface area contributed by atoms with E-state index in [0.29, 0.717) is 19.6 Å². The van der Waals surface area contributed by atoms with Crippen molar-refractivity contribution in [3.63, 3.8) is 0 Å². The standard InChI is InChI=1S/C9H18O4/c1-5-9(12-6-2,13-7-3)8(10)11-4/h5-7H2,1-4H3. The first-order valence-electron chi connectivity index (χ1n) is 4.53. The number of carbonyl (C=O) groups is 1. The second-order valence-corrected chi connectivity index (χ2v) is 2.46. The monoisotopic (exact) mass is 190 g/mol. The molecular weight excluding hydrogens is 172 g/mol. The lowest BCUT2D eigenvalue weighted by Gasteiger charge is -2.28. The Hall–Kier alpha value is -0.610. The molecule has 0 saturated carbocycles. The Morgan fingerprint density at radius 3 is 1.85 bits per heavy atom. The predicted octanol–water partition coefficient (Wildman–Crippen LogP) is 1.34. The average Bonchev–Trinajstić information content (AvgIpc) is 2.16. The molecular formula is C9H18O4. The van der Waals surface area contributed by atoms with Crippen LogP contribution in [0, 0.1) is 0 Å². The van der Waals surface area contributed by atoms with Crippen molar-refractivity contribution in [1.82, 2.24) is 0 Å². The average molecular weight is 190 g/mol. The minimum atomic E-state index is -1.21. The molecule has 0 spiro atoms. The zero-order valence-electron chi connectivity index (χ0n) is 8.75. The molecule has 0 rings (SSSR count). The molecule has 78 valence electrons. The number of carbonyl (C=O) groups excluding carboxylic acids is 1. The molecule has 0 saturated heterocycles. The van der Waals surface area contributed by atoms with Gasteiger partial charge in [0.2, 0.25) is 0 Å². The van der Waals surface area contributed by atoms with Gasteiger partial charge in [-0.2, -0.15) is 0 Å². The smallest absolute Gasteiger partial charge is 0.366 e. The number of rotatable bonds is 6. The predicted molar refractivity (Wildman–Crippen MR) is 48.3 cm³/mol. The maximum Gasteiger partial charge on any atom is 0.366 e. The van der Waals surface area contributed by atoms with E-state index in [0.717, 1.165) is 0 Å². The van der Waals surface area contributed by atoms with E-state index in [1.807, 2.05) is 20.8 Å². The van der Waals surface area contributed by atoms with Crippen LogP contribution in [0.3, 0.4) is 0 Å². The van der Waals surface area contributed by atoms with Gasteiger partial charge in [0.15, 0.2) is 0 Å². The van der Waals surface area contributed by atoms with Gasteiger partial charge in [-0.25, -0.2) is 4.79 Å². The number of hydrogen-bond acceptors (Lipinski definition) is 4. The van der Waals surface area contributed by atoms with Crippen molar-refractivity contribution >= 4 is 5.97 Å². The Kier molecular flexibility index (Phi) is 5.66. The summed E-state index contributed by atoms with van der Waals surface area (Å²) in [7, 11) is 1.32. The zero-order valence-corrected chi connectivity index (χ0v) is 8.75. The van der Waals surface area contributed by atoms with Crippen molar-refractivity contribution in [2.24, 2.45) is 0 Å². The highest BCUT2D eigenvalue weighted by Crippen LogP contribution is 2.19. The third kappa shape index (κ3) is 2.97. The van der Waals surface area contributed by atoms with Gasteiger partial charge in [0.05, 0.1) is 7.11 Å². The quantitative estimate of drug-likeness (QED) is 0.468. The van der Waals surface area contributed by atoms with E-state index in [4.69, 9.17) is 9.47 Å². The van der Waals surface area contributed by atoms with Gasteiger partial charge in [0.25, 0.3) is 5.79 Å². The Bertz CT molecular complexity index is 150. The first-order valence-corrected chi connectivity index (χ1v) is 4.53. The molecule has 0 atom stereocenters. The minimum Gasteiger partial charge on any atom is -0.465 e. The number of methoxy groups -OCH3 is 1.